The quantitative estimate of drug-likeness (QED) is 0.720. The summed E-state index contributed by atoms with van der Waals surface area (Å²) in [7, 11) is 0. The Balaban J connectivity index is 1.73. The van der Waals surface area contributed by atoms with Gasteiger partial charge in [0.2, 0.25) is 0 Å². The topological polar surface area (TPSA) is 29.1 Å². The molecule has 15 heavy (non-hydrogen) atoms. The summed E-state index contributed by atoms with van der Waals surface area (Å²) in [6.07, 6.45) is 5.74. The molecular weight excluding hydrogens is 193 g/mol. The van der Waals surface area contributed by atoms with Crippen molar-refractivity contribution in [1.29, 1.82) is 0 Å². The number of hydrogen-bond acceptors (Lipinski definition) is 2. The molecule has 2 aliphatic heterocycles. The van der Waals surface area contributed by atoms with Gasteiger partial charge in [-0.25, -0.2) is 4.39 Å². The van der Waals surface area contributed by atoms with E-state index in [1.165, 1.54) is 12.8 Å². The summed E-state index contributed by atoms with van der Waals surface area (Å²) in [6, 6.07) is 0.0509. The molecule has 4 fully saturated rings. The molecule has 0 aromatic heterocycles. The number of hydrogen-bond donors (Lipinski definition) is 1. The first-order chi connectivity index (χ1) is 7.29. The Morgan fingerprint density at radius 2 is 2.07 bits per heavy atom. The van der Waals surface area contributed by atoms with Crippen LogP contribution in [0.15, 0.2) is 0 Å². The van der Waals surface area contributed by atoms with E-state index in [0.29, 0.717) is 0 Å². The van der Waals surface area contributed by atoms with Crippen LogP contribution >= 0.6 is 0 Å². The van der Waals surface area contributed by atoms with Gasteiger partial charge in [0.05, 0.1) is 6.04 Å². The van der Waals surface area contributed by atoms with Crippen LogP contribution in [0.1, 0.15) is 32.1 Å². The molecule has 4 aliphatic rings. The molecule has 0 aromatic rings. The molecule has 2 bridgehead atoms. The van der Waals surface area contributed by atoms with Gasteiger partial charge >= 0.3 is 0 Å². The molecule has 84 valence electrons. The van der Waals surface area contributed by atoms with Crippen molar-refractivity contribution in [2.45, 2.75) is 50.4 Å². The average molecular weight is 211 g/mol. The van der Waals surface area contributed by atoms with Crippen LogP contribution in [0.3, 0.4) is 0 Å². The van der Waals surface area contributed by atoms with Gasteiger partial charge in [0, 0.05) is 17.9 Å². The Labute approximate surface area is 89.6 Å². The van der Waals surface area contributed by atoms with E-state index in [1.807, 2.05) is 0 Å². The molecule has 1 N–H and O–H groups in total. The SMILES string of the molecule is O=C[C@H]1N[C@H]2CC[C@@H]1[C@@H](F)[C@H]2CC1CC1. The van der Waals surface area contributed by atoms with Crippen molar-refractivity contribution in [3.05, 3.63) is 0 Å². The van der Waals surface area contributed by atoms with Crippen molar-refractivity contribution >= 4 is 6.29 Å². The fourth-order valence-electron chi connectivity index (χ4n) is 3.41. The maximum atomic E-state index is 14.2. The zero-order valence-corrected chi connectivity index (χ0v) is 8.86. The lowest BCUT2D eigenvalue weighted by Crippen LogP contribution is -2.62. The summed E-state index contributed by atoms with van der Waals surface area (Å²) in [5.41, 5.74) is 0. The maximum absolute atomic E-state index is 14.2. The van der Waals surface area contributed by atoms with Crippen LogP contribution in [0.4, 0.5) is 4.39 Å². The summed E-state index contributed by atoms with van der Waals surface area (Å²) >= 11 is 0. The second-order valence-corrected chi connectivity index (χ2v) is 5.46. The lowest BCUT2D eigenvalue weighted by atomic mass is 9.67. The van der Waals surface area contributed by atoms with E-state index in [0.717, 1.165) is 31.5 Å². The number of piperidine rings is 2. The van der Waals surface area contributed by atoms with E-state index < -0.39 is 6.17 Å². The summed E-state index contributed by atoms with van der Waals surface area (Å²) in [5.74, 6) is 0.924. The number of aldehydes is 1. The van der Waals surface area contributed by atoms with E-state index >= 15 is 0 Å². The largest absolute Gasteiger partial charge is 0.304 e. The Morgan fingerprint density at radius 1 is 1.27 bits per heavy atom. The zero-order chi connectivity index (χ0) is 10.4. The van der Waals surface area contributed by atoms with Crippen LogP contribution in [-0.4, -0.2) is 24.5 Å². The monoisotopic (exact) mass is 211 g/mol. The van der Waals surface area contributed by atoms with Gasteiger partial charge in [0.1, 0.15) is 12.5 Å². The summed E-state index contributed by atoms with van der Waals surface area (Å²) < 4.78 is 14.2. The third-order valence-corrected chi connectivity index (χ3v) is 4.46. The van der Waals surface area contributed by atoms with E-state index in [4.69, 9.17) is 0 Å². The Morgan fingerprint density at radius 3 is 2.67 bits per heavy atom. The van der Waals surface area contributed by atoms with E-state index in [1.54, 1.807) is 0 Å². The number of carbonyl (C=O) groups excluding carboxylic acids is 1. The van der Waals surface area contributed by atoms with Crippen molar-refractivity contribution in [2.24, 2.45) is 17.8 Å². The van der Waals surface area contributed by atoms with Crippen LogP contribution in [0.5, 0.6) is 0 Å². The number of nitrogens with one attached hydrogen (secondary N) is 1. The summed E-state index contributed by atoms with van der Waals surface area (Å²) in [6.45, 7) is 0. The third kappa shape index (κ3) is 1.61. The van der Waals surface area contributed by atoms with E-state index in [-0.39, 0.29) is 23.9 Å². The molecule has 0 unspecified atom stereocenters. The van der Waals surface area contributed by atoms with Gasteiger partial charge in [-0.1, -0.05) is 12.8 Å². The first-order valence-electron chi connectivity index (χ1n) is 6.15. The minimum atomic E-state index is -0.735. The number of alkyl halides is 1. The molecule has 0 amide bonds. The predicted molar refractivity (Wildman–Crippen MR) is 55.2 cm³/mol. The second kappa shape index (κ2) is 3.55. The Kier molecular flexibility index (Phi) is 2.31. The highest BCUT2D eigenvalue weighted by atomic mass is 19.1. The highest BCUT2D eigenvalue weighted by Gasteiger charge is 2.49. The highest BCUT2D eigenvalue weighted by molar-refractivity contribution is 5.59. The van der Waals surface area contributed by atoms with Crippen molar-refractivity contribution in [3.8, 4) is 0 Å². The third-order valence-electron chi connectivity index (χ3n) is 4.46. The first-order valence-corrected chi connectivity index (χ1v) is 6.15. The van der Waals surface area contributed by atoms with Gasteiger partial charge < -0.3 is 10.1 Å². The molecule has 5 atom stereocenters. The van der Waals surface area contributed by atoms with Gasteiger partial charge in [-0.2, -0.15) is 0 Å². The molecule has 2 saturated carbocycles. The predicted octanol–water partition coefficient (Wildman–Crippen LogP) is 1.69. The van der Waals surface area contributed by atoms with Crippen molar-refractivity contribution in [2.75, 3.05) is 0 Å². The Bertz CT molecular complexity index is 264. The molecule has 2 saturated heterocycles. The smallest absolute Gasteiger partial charge is 0.137 e. The van der Waals surface area contributed by atoms with Gasteiger partial charge in [-0.3, -0.25) is 0 Å². The van der Waals surface area contributed by atoms with Crippen LogP contribution < -0.4 is 5.32 Å². The molecule has 4 rings (SSSR count). The molecule has 2 heterocycles. The number of fused-ring (bicyclic) bond motifs is 3. The molecule has 0 radical (unpaired) electrons. The molecular formula is C12H18FNO. The number of rotatable bonds is 3. The van der Waals surface area contributed by atoms with Crippen molar-refractivity contribution in [3.63, 3.8) is 0 Å². The molecule has 0 spiro atoms. The number of carbonyl (C=O) groups is 1. The highest BCUT2D eigenvalue weighted by Crippen LogP contribution is 2.45. The van der Waals surface area contributed by atoms with Crippen LogP contribution in [0.25, 0.3) is 0 Å². The summed E-state index contributed by atoms with van der Waals surface area (Å²) in [4.78, 5) is 10.8. The fourth-order valence-corrected chi connectivity index (χ4v) is 3.41. The Hall–Kier alpha value is -0.440. The van der Waals surface area contributed by atoms with E-state index in [9.17, 15) is 9.18 Å². The van der Waals surface area contributed by atoms with Gasteiger partial charge in [-0.05, 0) is 25.2 Å². The minimum absolute atomic E-state index is 0.0451. The lowest BCUT2D eigenvalue weighted by Gasteiger charge is -2.49. The zero-order valence-electron chi connectivity index (χ0n) is 8.86. The normalized spacial score (nSPS) is 49.3. The minimum Gasteiger partial charge on any atom is -0.304 e. The van der Waals surface area contributed by atoms with Crippen LogP contribution in [0, 0.1) is 17.8 Å². The van der Waals surface area contributed by atoms with Crippen LogP contribution in [-0.2, 0) is 4.79 Å². The van der Waals surface area contributed by atoms with Crippen molar-refractivity contribution in [1.82, 2.24) is 5.32 Å². The molecule has 2 nitrogen and oxygen atoms in total. The second-order valence-electron chi connectivity index (χ2n) is 5.46. The van der Waals surface area contributed by atoms with Gasteiger partial charge in [0.15, 0.2) is 0 Å². The fraction of sp³-hybridized carbons (Fsp3) is 0.917. The average Bonchev–Trinajstić information content (AvgIpc) is 3.07. The van der Waals surface area contributed by atoms with Crippen LogP contribution in [0.2, 0.25) is 0 Å². The molecule has 0 aromatic carbocycles. The summed E-state index contributed by atoms with van der Waals surface area (Å²) in [5, 5.41) is 3.31. The van der Waals surface area contributed by atoms with Gasteiger partial charge in [0.25, 0.3) is 0 Å². The maximum Gasteiger partial charge on any atom is 0.137 e. The molecule has 3 heteroatoms. The molecule has 2 aliphatic carbocycles. The lowest BCUT2D eigenvalue weighted by molar-refractivity contribution is -0.116. The van der Waals surface area contributed by atoms with Gasteiger partial charge in [-0.15, -0.1) is 0 Å². The standard InChI is InChI=1S/C12H18FNO/c13-12-8-3-4-10(14-11(8)6-15)9(12)5-7-1-2-7/h6-12,14H,1-5H2/t8-,9-,10-,11+,12+/m0/s1. The van der Waals surface area contributed by atoms with E-state index in [2.05, 4.69) is 5.32 Å². The van der Waals surface area contributed by atoms with Crippen molar-refractivity contribution < 1.29 is 9.18 Å². The first kappa shape index (κ1) is 9.76. The number of halogens is 1.